The van der Waals surface area contributed by atoms with Crippen molar-refractivity contribution in [2.75, 3.05) is 26.2 Å². The summed E-state index contributed by atoms with van der Waals surface area (Å²) >= 11 is 0. The number of carbonyl (C=O) groups is 2. The highest BCUT2D eigenvalue weighted by atomic mass is 16.4. The van der Waals surface area contributed by atoms with Crippen LogP contribution < -0.4 is 0 Å². The van der Waals surface area contributed by atoms with Gasteiger partial charge in [-0.05, 0) is 45.2 Å². The molecule has 0 aliphatic carbocycles. The quantitative estimate of drug-likeness (QED) is 0.817. The number of carboxylic acids is 1. The van der Waals surface area contributed by atoms with Gasteiger partial charge < -0.3 is 10.0 Å². The molecule has 0 radical (unpaired) electrons. The maximum atomic E-state index is 12.1. The number of piperidine rings is 1. The van der Waals surface area contributed by atoms with E-state index in [1.165, 1.54) is 32.4 Å². The van der Waals surface area contributed by atoms with Crippen LogP contribution in [0.25, 0.3) is 0 Å². The lowest BCUT2D eigenvalue weighted by Crippen LogP contribution is -2.48. The number of aliphatic carboxylic acids is 1. The SMILES string of the molecule is O=C(O)CCCC(=O)N1CCCC(N2CCCC2)C1. The van der Waals surface area contributed by atoms with Crippen LogP contribution in [-0.2, 0) is 9.59 Å². The molecule has 5 heteroatoms. The zero-order valence-electron chi connectivity index (χ0n) is 11.5. The van der Waals surface area contributed by atoms with E-state index in [0.29, 0.717) is 18.9 Å². The second kappa shape index (κ2) is 6.89. The van der Waals surface area contributed by atoms with Gasteiger partial charge in [-0.15, -0.1) is 0 Å². The van der Waals surface area contributed by atoms with E-state index in [2.05, 4.69) is 4.90 Å². The van der Waals surface area contributed by atoms with E-state index in [1.54, 1.807) is 0 Å². The van der Waals surface area contributed by atoms with Crippen molar-refractivity contribution in [3.63, 3.8) is 0 Å². The number of hydrogen-bond acceptors (Lipinski definition) is 3. The molecule has 0 bridgehead atoms. The third-order valence-corrected chi connectivity index (χ3v) is 4.19. The number of amides is 1. The number of likely N-dealkylation sites (tertiary alicyclic amines) is 2. The largest absolute Gasteiger partial charge is 0.481 e. The van der Waals surface area contributed by atoms with Gasteiger partial charge in [0.1, 0.15) is 0 Å². The van der Waals surface area contributed by atoms with Crippen molar-refractivity contribution < 1.29 is 14.7 Å². The summed E-state index contributed by atoms with van der Waals surface area (Å²) in [5.74, 6) is -0.688. The minimum atomic E-state index is -0.818. The summed E-state index contributed by atoms with van der Waals surface area (Å²) in [7, 11) is 0. The first-order chi connectivity index (χ1) is 9.16. The number of carbonyl (C=O) groups excluding carboxylic acids is 1. The van der Waals surface area contributed by atoms with Gasteiger partial charge in [0.15, 0.2) is 0 Å². The van der Waals surface area contributed by atoms with Crippen molar-refractivity contribution in [1.82, 2.24) is 9.80 Å². The summed E-state index contributed by atoms with van der Waals surface area (Å²) in [5, 5.41) is 8.59. The van der Waals surface area contributed by atoms with E-state index in [9.17, 15) is 9.59 Å². The summed E-state index contributed by atoms with van der Waals surface area (Å²) in [5.41, 5.74) is 0. The van der Waals surface area contributed by atoms with Crippen molar-refractivity contribution >= 4 is 11.9 Å². The molecule has 0 aromatic rings. The Morgan fingerprint density at radius 3 is 2.47 bits per heavy atom. The first-order valence-corrected chi connectivity index (χ1v) is 7.40. The fourth-order valence-electron chi connectivity index (χ4n) is 3.13. The summed E-state index contributed by atoms with van der Waals surface area (Å²) in [6.07, 6.45) is 5.75. The average Bonchev–Trinajstić information content (AvgIpc) is 2.92. The van der Waals surface area contributed by atoms with Crippen LogP contribution in [-0.4, -0.2) is 59.0 Å². The van der Waals surface area contributed by atoms with Gasteiger partial charge in [-0.2, -0.15) is 0 Å². The summed E-state index contributed by atoms with van der Waals surface area (Å²) < 4.78 is 0. The second-order valence-electron chi connectivity index (χ2n) is 5.63. The lowest BCUT2D eigenvalue weighted by Gasteiger charge is -2.37. The zero-order valence-corrected chi connectivity index (χ0v) is 11.5. The van der Waals surface area contributed by atoms with Crippen molar-refractivity contribution in [1.29, 1.82) is 0 Å². The Hall–Kier alpha value is -1.10. The molecule has 2 aliphatic rings. The van der Waals surface area contributed by atoms with Crippen LogP contribution in [0.1, 0.15) is 44.9 Å². The van der Waals surface area contributed by atoms with Crippen molar-refractivity contribution in [2.45, 2.75) is 51.0 Å². The zero-order chi connectivity index (χ0) is 13.7. The number of rotatable bonds is 5. The number of carboxylic acid groups (broad SMARTS) is 1. The van der Waals surface area contributed by atoms with Crippen molar-refractivity contribution in [2.24, 2.45) is 0 Å². The summed E-state index contributed by atoms with van der Waals surface area (Å²) in [4.78, 5) is 27.0. The van der Waals surface area contributed by atoms with Crippen LogP contribution in [0, 0.1) is 0 Å². The maximum absolute atomic E-state index is 12.1. The minimum absolute atomic E-state index is 0.0924. The standard InChI is InChI=1S/C14H24N2O3/c17-13(6-3-7-14(18)19)16-10-4-5-12(11-16)15-8-1-2-9-15/h12H,1-11H2,(H,18,19). The molecule has 0 aromatic carbocycles. The highest BCUT2D eigenvalue weighted by Crippen LogP contribution is 2.21. The molecule has 2 saturated heterocycles. The molecular formula is C14H24N2O3. The first kappa shape index (κ1) is 14.3. The van der Waals surface area contributed by atoms with Gasteiger partial charge in [-0.25, -0.2) is 0 Å². The molecular weight excluding hydrogens is 244 g/mol. The number of hydrogen-bond donors (Lipinski definition) is 1. The van der Waals surface area contributed by atoms with E-state index in [1.807, 2.05) is 4.90 Å². The third-order valence-electron chi connectivity index (χ3n) is 4.19. The normalized spacial score (nSPS) is 24.6. The predicted octanol–water partition coefficient (Wildman–Crippen LogP) is 1.33. The smallest absolute Gasteiger partial charge is 0.303 e. The Labute approximate surface area is 114 Å². The molecule has 0 aromatic heterocycles. The van der Waals surface area contributed by atoms with E-state index < -0.39 is 5.97 Å². The highest BCUT2D eigenvalue weighted by molar-refractivity contribution is 5.77. The lowest BCUT2D eigenvalue weighted by atomic mass is 10.0. The van der Waals surface area contributed by atoms with Crippen LogP contribution in [0.15, 0.2) is 0 Å². The van der Waals surface area contributed by atoms with Crippen molar-refractivity contribution in [3.05, 3.63) is 0 Å². The van der Waals surface area contributed by atoms with Crippen molar-refractivity contribution in [3.8, 4) is 0 Å². The van der Waals surface area contributed by atoms with Gasteiger partial charge in [0, 0.05) is 32.0 Å². The van der Waals surface area contributed by atoms with Gasteiger partial charge >= 0.3 is 5.97 Å². The first-order valence-electron chi connectivity index (χ1n) is 7.40. The van der Waals surface area contributed by atoms with E-state index in [0.717, 1.165) is 19.5 Å². The van der Waals surface area contributed by atoms with Crippen LogP contribution >= 0.6 is 0 Å². The summed E-state index contributed by atoms with van der Waals surface area (Å²) in [6.45, 7) is 4.03. The molecule has 2 rings (SSSR count). The molecule has 1 unspecified atom stereocenters. The Morgan fingerprint density at radius 1 is 1.05 bits per heavy atom. The molecule has 0 saturated carbocycles. The Kier molecular flexibility index (Phi) is 5.19. The van der Waals surface area contributed by atoms with Crippen LogP contribution in [0.4, 0.5) is 0 Å². The van der Waals surface area contributed by atoms with Gasteiger partial charge in [0.05, 0.1) is 0 Å². The molecule has 19 heavy (non-hydrogen) atoms. The third kappa shape index (κ3) is 4.20. The molecule has 1 N–H and O–H groups in total. The monoisotopic (exact) mass is 268 g/mol. The lowest BCUT2D eigenvalue weighted by molar-refractivity contribution is -0.137. The Balaban J connectivity index is 1.76. The summed E-state index contributed by atoms with van der Waals surface area (Å²) in [6, 6.07) is 0.527. The van der Waals surface area contributed by atoms with Gasteiger partial charge in [-0.3, -0.25) is 14.5 Å². The van der Waals surface area contributed by atoms with Gasteiger partial charge in [-0.1, -0.05) is 0 Å². The van der Waals surface area contributed by atoms with Crippen LogP contribution in [0.5, 0.6) is 0 Å². The van der Waals surface area contributed by atoms with E-state index in [-0.39, 0.29) is 12.3 Å². The molecule has 0 spiro atoms. The molecule has 5 nitrogen and oxygen atoms in total. The average molecular weight is 268 g/mol. The predicted molar refractivity (Wildman–Crippen MR) is 71.9 cm³/mol. The molecule has 1 atom stereocenters. The highest BCUT2D eigenvalue weighted by Gasteiger charge is 2.28. The Bertz CT molecular complexity index is 327. The van der Waals surface area contributed by atoms with Crippen LogP contribution in [0.3, 0.4) is 0 Å². The molecule has 2 fully saturated rings. The molecule has 108 valence electrons. The van der Waals surface area contributed by atoms with Gasteiger partial charge in [0.25, 0.3) is 0 Å². The Morgan fingerprint density at radius 2 is 1.79 bits per heavy atom. The molecule has 2 heterocycles. The van der Waals surface area contributed by atoms with Gasteiger partial charge in [0.2, 0.25) is 5.91 Å². The van der Waals surface area contributed by atoms with E-state index in [4.69, 9.17) is 5.11 Å². The maximum Gasteiger partial charge on any atom is 0.303 e. The fraction of sp³-hybridized carbons (Fsp3) is 0.857. The van der Waals surface area contributed by atoms with E-state index >= 15 is 0 Å². The van der Waals surface area contributed by atoms with Crippen LogP contribution in [0.2, 0.25) is 0 Å². The molecule has 2 aliphatic heterocycles. The fourth-order valence-corrected chi connectivity index (χ4v) is 3.13. The second-order valence-corrected chi connectivity index (χ2v) is 5.63. The minimum Gasteiger partial charge on any atom is -0.481 e. The topological polar surface area (TPSA) is 60.9 Å². The number of nitrogens with zero attached hydrogens (tertiary/aromatic N) is 2. The molecule has 1 amide bonds.